The van der Waals surface area contributed by atoms with Crippen molar-refractivity contribution in [2.45, 2.75) is 25.0 Å². The van der Waals surface area contributed by atoms with E-state index in [-0.39, 0.29) is 0 Å². The molecule has 4 rings (SSSR count). The Hall–Kier alpha value is -1.17. The Labute approximate surface area is 131 Å². The molecule has 5 heteroatoms. The van der Waals surface area contributed by atoms with Crippen LogP contribution in [0.25, 0.3) is 0 Å². The topological polar surface area (TPSA) is 43.8 Å². The second-order valence-electron chi connectivity index (χ2n) is 6.59. The van der Waals surface area contributed by atoms with Crippen molar-refractivity contribution >= 4 is 0 Å². The first-order valence-electron chi connectivity index (χ1n) is 8.36. The van der Waals surface area contributed by atoms with E-state index in [1.165, 1.54) is 0 Å². The molecule has 5 nitrogen and oxygen atoms in total. The highest BCUT2D eigenvalue weighted by Gasteiger charge is 2.45. The van der Waals surface area contributed by atoms with Crippen LogP contribution in [0.5, 0.6) is 5.75 Å². The van der Waals surface area contributed by atoms with E-state index in [1.807, 2.05) is 12.1 Å². The van der Waals surface area contributed by atoms with Crippen LogP contribution >= 0.6 is 0 Å². The second kappa shape index (κ2) is 6.52. The molecule has 22 heavy (non-hydrogen) atoms. The van der Waals surface area contributed by atoms with Gasteiger partial charge in [0.25, 0.3) is 0 Å². The van der Waals surface area contributed by atoms with Gasteiger partial charge in [-0.3, -0.25) is 9.88 Å². The molecule has 0 saturated carbocycles. The van der Waals surface area contributed by atoms with E-state index in [2.05, 4.69) is 9.88 Å². The maximum atomic E-state index is 6.03. The zero-order chi connectivity index (χ0) is 14.8. The fourth-order valence-electron chi connectivity index (χ4n) is 3.99. The first-order chi connectivity index (χ1) is 10.9. The summed E-state index contributed by atoms with van der Waals surface area (Å²) >= 11 is 0. The smallest absolute Gasteiger partial charge is 0.122 e. The molecule has 0 unspecified atom stereocenters. The number of aromatic nitrogens is 1. The molecule has 120 valence electrons. The fourth-order valence-corrected chi connectivity index (χ4v) is 3.99. The highest BCUT2D eigenvalue weighted by atomic mass is 16.5. The van der Waals surface area contributed by atoms with E-state index in [1.54, 1.807) is 12.4 Å². The number of rotatable bonds is 4. The molecular formula is C17H24N2O3. The van der Waals surface area contributed by atoms with Crippen molar-refractivity contribution in [3.05, 3.63) is 24.5 Å². The van der Waals surface area contributed by atoms with E-state index in [9.17, 15) is 0 Å². The predicted molar refractivity (Wildman–Crippen MR) is 81.9 cm³/mol. The Balaban J connectivity index is 1.32. The SMILES string of the molecule is c1cc(OC[C@@H]2CO[C@@H]3CN(C4CCOCC4)C[C@H]23)ccn1. The largest absolute Gasteiger partial charge is 0.493 e. The Morgan fingerprint density at radius 2 is 2.00 bits per heavy atom. The van der Waals surface area contributed by atoms with E-state index < -0.39 is 0 Å². The molecule has 3 aliphatic rings. The van der Waals surface area contributed by atoms with Crippen molar-refractivity contribution < 1.29 is 14.2 Å². The van der Waals surface area contributed by atoms with Crippen molar-refractivity contribution in [1.82, 2.24) is 9.88 Å². The van der Waals surface area contributed by atoms with Gasteiger partial charge in [0.1, 0.15) is 5.75 Å². The van der Waals surface area contributed by atoms with Gasteiger partial charge in [-0.2, -0.15) is 0 Å². The Morgan fingerprint density at radius 3 is 2.82 bits per heavy atom. The van der Waals surface area contributed by atoms with Gasteiger partial charge in [0.2, 0.25) is 0 Å². The fraction of sp³-hybridized carbons (Fsp3) is 0.706. The number of hydrogen-bond donors (Lipinski definition) is 0. The lowest BCUT2D eigenvalue weighted by molar-refractivity contribution is 0.0271. The number of pyridine rings is 1. The summed E-state index contributed by atoms with van der Waals surface area (Å²) in [5.41, 5.74) is 0. The summed E-state index contributed by atoms with van der Waals surface area (Å²) in [6.45, 7) is 5.63. The van der Waals surface area contributed by atoms with Gasteiger partial charge >= 0.3 is 0 Å². The molecule has 3 atom stereocenters. The number of hydrogen-bond acceptors (Lipinski definition) is 5. The van der Waals surface area contributed by atoms with Crippen LogP contribution < -0.4 is 4.74 Å². The molecular weight excluding hydrogens is 280 g/mol. The maximum absolute atomic E-state index is 6.03. The monoisotopic (exact) mass is 304 g/mol. The molecule has 0 aliphatic carbocycles. The van der Waals surface area contributed by atoms with Gasteiger partial charge in [0.15, 0.2) is 0 Å². The summed E-state index contributed by atoms with van der Waals surface area (Å²) in [6, 6.07) is 4.51. The lowest BCUT2D eigenvalue weighted by Gasteiger charge is -2.31. The van der Waals surface area contributed by atoms with Gasteiger partial charge in [-0.25, -0.2) is 0 Å². The third-order valence-corrected chi connectivity index (χ3v) is 5.29. The number of ether oxygens (including phenoxy) is 3. The summed E-state index contributed by atoms with van der Waals surface area (Å²) in [6.07, 6.45) is 6.26. The van der Waals surface area contributed by atoms with Gasteiger partial charge in [-0.05, 0) is 25.0 Å². The molecule has 3 aliphatic heterocycles. The van der Waals surface area contributed by atoms with Crippen LogP contribution in [0, 0.1) is 11.8 Å². The quantitative estimate of drug-likeness (QED) is 0.845. The van der Waals surface area contributed by atoms with Crippen molar-refractivity contribution in [3.63, 3.8) is 0 Å². The maximum Gasteiger partial charge on any atom is 0.122 e. The van der Waals surface area contributed by atoms with Gasteiger partial charge in [0, 0.05) is 56.6 Å². The van der Waals surface area contributed by atoms with Gasteiger partial charge in [-0.15, -0.1) is 0 Å². The van der Waals surface area contributed by atoms with Crippen LogP contribution in [0.2, 0.25) is 0 Å². The second-order valence-corrected chi connectivity index (χ2v) is 6.59. The van der Waals surface area contributed by atoms with Crippen LogP contribution in [0.1, 0.15) is 12.8 Å². The average Bonchev–Trinajstić information content (AvgIpc) is 3.16. The minimum absolute atomic E-state index is 0.397. The highest BCUT2D eigenvalue weighted by Crippen LogP contribution is 2.36. The van der Waals surface area contributed by atoms with Crippen LogP contribution in [0.4, 0.5) is 0 Å². The molecule has 3 fully saturated rings. The van der Waals surface area contributed by atoms with Crippen molar-refractivity contribution in [3.8, 4) is 5.75 Å². The Bertz CT molecular complexity index is 478. The van der Waals surface area contributed by atoms with E-state index in [0.29, 0.717) is 24.0 Å². The van der Waals surface area contributed by atoms with Crippen LogP contribution in [-0.4, -0.2) is 61.5 Å². The normalized spacial score (nSPS) is 33.0. The molecule has 0 amide bonds. The molecule has 0 spiro atoms. The minimum atomic E-state index is 0.397. The summed E-state index contributed by atoms with van der Waals surface area (Å²) in [4.78, 5) is 6.64. The van der Waals surface area contributed by atoms with Gasteiger partial charge in [0.05, 0.1) is 19.3 Å². The summed E-state index contributed by atoms with van der Waals surface area (Å²) in [5.74, 6) is 2.02. The first kappa shape index (κ1) is 14.4. The molecule has 0 radical (unpaired) electrons. The summed E-state index contributed by atoms with van der Waals surface area (Å²) in [5, 5.41) is 0. The van der Waals surface area contributed by atoms with Gasteiger partial charge in [-0.1, -0.05) is 0 Å². The van der Waals surface area contributed by atoms with Gasteiger partial charge < -0.3 is 14.2 Å². The number of likely N-dealkylation sites (tertiary alicyclic amines) is 1. The standard InChI is InChI=1S/C17H24N2O3/c1-5-18-6-2-15(1)21-11-13-12-22-17-10-19(9-16(13)17)14-3-7-20-8-4-14/h1-2,5-6,13-14,16-17H,3-4,7-12H2/t13-,16-,17-/m1/s1. The third-order valence-electron chi connectivity index (χ3n) is 5.29. The lowest BCUT2D eigenvalue weighted by Crippen LogP contribution is -2.39. The third kappa shape index (κ3) is 2.98. The molecule has 3 saturated heterocycles. The van der Waals surface area contributed by atoms with Crippen LogP contribution in [0.3, 0.4) is 0 Å². The molecule has 1 aromatic rings. The Kier molecular flexibility index (Phi) is 4.28. The minimum Gasteiger partial charge on any atom is -0.493 e. The highest BCUT2D eigenvalue weighted by molar-refractivity contribution is 5.16. The first-order valence-corrected chi connectivity index (χ1v) is 8.36. The summed E-state index contributed by atoms with van der Waals surface area (Å²) in [7, 11) is 0. The van der Waals surface area contributed by atoms with Crippen LogP contribution in [0.15, 0.2) is 24.5 Å². The van der Waals surface area contributed by atoms with E-state index in [0.717, 1.165) is 58.1 Å². The molecule has 4 heterocycles. The van der Waals surface area contributed by atoms with Crippen molar-refractivity contribution in [2.75, 3.05) is 39.5 Å². The summed E-state index contributed by atoms with van der Waals surface area (Å²) < 4.78 is 17.4. The van der Waals surface area contributed by atoms with Crippen LogP contribution in [-0.2, 0) is 9.47 Å². The molecule has 1 aromatic heterocycles. The van der Waals surface area contributed by atoms with E-state index >= 15 is 0 Å². The zero-order valence-corrected chi connectivity index (χ0v) is 12.9. The van der Waals surface area contributed by atoms with E-state index in [4.69, 9.17) is 14.2 Å². The lowest BCUT2D eigenvalue weighted by atomic mass is 9.94. The number of fused-ring (bicyclic) bond motifs is 1. The zero-order valence-electron chi connectivity index (χ0n) is 12.9. The molecule has 0 aromatic carbocycles. The molecule has 0 N–H and O–H groups in total. The number of nitrogens with zero attached hydrogens (tertiary/aromatic N) is 2. The van der Waals surface area contributed by atoms with Crippen molar-refractivity contribution in [1.29, 1.82) is 0 Å². The predicted octanol–water partition coefficient (Wildman–Crippen LogP) is 1.59. The van der Waals surface area contributed by atoms with Crippen molar-refractivity contribution in [2.24, 2.45) is 11.8 Å². The molecule has 0 bridgehead atoms. The average molecular weight is 304 g/mol. The Morgan fingerprint density at radius 1 is 1.18 bits per heavy atom.